The molecular formula is C57H42N4O3. The Balaban J connectivity index is 0.792. The summed E-state index contributed by atoms with van der Waals surface area (Å²) in [5, 5.41) is 53.7. The molecule has 7 heteroatoms. The van der Waals surface area contributed by atoms with Crippen LogP contribution in [0.2, 0.25) is 0 Å². The van der Waals surface area contributed by atoms with Crippen LogP contribution in [0.1, 0.15) is 16.7 Å². The van der Waals surface area contributed by atoms with E-state index in [1.165, 1.54) is 16.2 Å². The average Bonchev–Trinajstić information content (AvgIpc) is 3.33. The van der Waals surface area contributed by atoms with Crippen LogP contribution in [-0.2, 0) is 0 Å². The van der Waals surface area contributed by atoms with Crippen LogP contribution in [-0.4, -0.2) is 78.1 Å². The van der Waals surface area contributed by atoms with Crippen molar-refractivity contribution in [3.05, 3.63) is 162 Å². The minimum atomic E-state index is 0.237. The quantitative estimate of drug-likeness (QED) is 0.0843. The van der Waals surface area contributed by atoms with Gasteiger partial charge in [-0.15, -0.1) is 0 Å². The second-order valence-electron chi connectivity index (χ2n) is 17.0. The molecule has 64 heavy (non-hydrogen) atoms. The van der Waals surface area contributed by atoms with Gasteiger partial charge in [-0.1, -0.05) is 109 Å². The van der Waals surface area contributed by atoms with Gasteiger partial charge in [0.25, 0.3) is 0 Å². The number of benzene rings is 12. The van der Waals surface area contributed by atoms with Crippen molar-refractivity contribution in [3.63, 3.8) is 0 Å². The molecule has 0 saturated carbocycles. The first-order valence-corrected chi connectivity index (χ1v) is 21.9. The summed E-state index contributed by atoms with van der Waals surface area (Å²) in [5.74, 6) is 0.710. The maximum atomic E-state index is 11.5. The van der Waals surface area contributed by atoms with Gasteiger partial charge in [0.05, 0.1) is 19.6 Å². The van der Waals surface area contributed by atoms with Crippen LogP contribution in [0.3, 0.4) is 0 Å². The monoisotopic (exact) mass is 830 g/mol. The average molecular weight is 831 g/mol. The summed E-state index contributed by atoms with van der Waals surface area (Å²) in [4.78, 5) is 16.7. The topological polar surface area (TPSA) is 101 Å². The summed E-state index contributed by atoms with van der Waals surface area (Å²) in [6, 6.07) is 50.0. The van der Waals surface area contributed by atoms with E-state index in [0.29, 0.717) is 56.0 Å². The lowest BCUT2D eigenvalue weighted by atomic mass is 9.92. The Hall–Kier alpha value is -7.87. The molecule has 0 heterocycles. The lowest BCUT2D eigenvalue weighted by Gasteiger charge is -2.19. The van der Waals surface area contributed by atoms with Gasteiger partial charge in [0, 0.05) is 87.3 Å². The highest BCUT2D eigenvalue weighted by molar-refractivity contribution is 6.27. The van der Waals surface area contributed by atoms with Crippen LogP contribution in [0.4, 0.5) is 0 Å². The molecule has 0 unspecified atom stereocenters. The standard InChI is InChI=1S/C57H42N4O3/c62-55-43(28-40-13-10-34-4-1-7-37-16-19-46(55)52(40)49(34)37)31-58-22-25-61(26-23-59-32-44-29-41-14-11-35-5-2-8-38-17-20-47(56(44)63)53(41)50(35)38)27-24-60-33-45-30-42-15-12-36-6-3-9-39-18-21-48(57(45)64)54(42)51(36)39/h1-21,28-33,62-64H,22-27H2. The highest BCUT2D eigenvalue weighted by Gasteiger charge is 2.17. The van der Waals surface area contributed by atoms with Gasteiger partial charge in [-0.05, 0) is 101 Å². The molecule has 0 fully saturated rings. The molecule has 0 aliphatic carbocycles. The minimum Gasteiger partial charge on any atom is -0.507 e. The highest BCUT2D eigenvalue weighted by Crippen LogP contribution is 2.42. The molecule has 0 amide bonds. The summed E-state index contributed by atoms with van der Waals surface area (Å²) >= 11 is 0. The van der Waals surface area contributed by atoms with Crippen molar-refractivity contribution >= 4 is 116 Å². The van der Waals surface area contributed by atoms with E-state index >= 15 is 0 Å². The van der Waals surface area contributed by atoms with E-state index in [-0.39, 0.29) is 17.2 Å². The Morgan fingerprint density at radius 2 is 0.594 bits per heavy atom. The molecular weight excluding hydrogens is 789 g/mol. The molecule has 0 aliphatic heterocycles. The third-order valence-corrected chi connectivity index (χ3v) is 13.3. The van der Waals surface area contributed by atoms with Gasteiger partial charge in [-0.25, -0.2) is 0 Å². The fourth-order valence-corrected chi connectivity index (χ4v) is 10.2. The molecule has 0 atom stereocenters. The van der Waals surface area contributed by atoms with Crippen LogP contribution >= 0.6 is 0 Å². The largest absolute Gasteiger partial charge is 0.507 e. The van der Waals surface area contributed by atoms with Gasteiger partial charge in [-0.3, -0.25) is 19.9 Å². The fraction of sp³-hybridized carbons (Fsp3) is 0.105. The van der Waals surface area contributed by atoms with Gasteiger partial charge in [-0.2, -0.15) is 0 Å². The molecule has 0 spiro atoms. The normalized spacial score (nSPS) is 12.9. The molecule has 0 bridgehead atoms. The van der Waals surface area contributed by atoms with E-state index in [4.69, 9.17) is 15.0 Å². The lowest BCUT2D eigenvalue weighted by Crippen LogP contribution is -2.31. The van der Waals surface area contributed by atoms with Crippen LogP contribution in [0.5, 0.6) is 17.2 Å². The first-order chi connectivity index (χ1) is 31.5. The number of phenolic OH excluding ortho intramolecular Hbond substituents is 3. The minimum absolute atomic E-state index is 0.237. The highest BCUT2D eigenvalue weighted by atomic mass is 16.3. The van der Waals surface area contributed by atoms with Gasteiger partial charge >= 0.3 is 0 Å². The van der Waals surface area contributed by atoms with Crippen molar-refractivity contribution in [2.75, 3.05) is 39.3 Å². The van der Waals surface area contributed by atoms with E-state index in [1.54, 1.807) is 18.6 Å². The molecule has 3 N–H and O–H groups in total. The van der Waals surface area contributed by atoms with E-state index in [1.807, 2.05) is 36.4 Å². The second-order valence-corrected chi connectivity index (χ2v) is 17.0. The molecule has 12 aromatic carbocycles. The summed E-state index contributed by atoms with van der Waals surface area (Å²) in [7, 11) is 0. The molecule has 0 radical (unpaired) electrons. The van der Waals surface area contributed by atoms with Gasteiger partial charge in [0.15, 0.2) is 0 Å². The Morgan fingerprint density at radius 3 is 0.891 bits per heavy atom. The summed E-state index contributed by atoms with van der Waals surface area (Å²) in [5.41, 5.74) is 2.06. The number of hydrogen-bond donors (Lipinski definition) is 3. The van der Waals surface area contributed by atoms with E-state index < -0.39 is 0 Å². The Labute approximate surface area is 368 Å². The van der Waals surface area contributed by atoms with E-state index in [2.05, 4.69) is 114 Å². The van der Waals surface area contributed by atoms with Crippen molar-refractivity contribution in [3.8, 4) is 17.2 Å². The molecule has 308 valence electrons. The van der Waals surface area contributed by atoms with Crippen molar-refractivity contribution < 1.29 is 15.3 Å². The summed E-state index contributed by atoms with van der Waals surface area (Å²) < 4.78 is 0. The molecule has 7 nitrogen and oxygen atoms in total. The van der Waals surface area contributed by atoms with Gasteiger partial charge < -0.3 is 15.3 Å². The Bertz CT molecular complexity index is 3410. The molecule has 0 aromatic heterocycles. The zero-order valence-electron chi connectivity index (χ0n) is 35.0. The zero-order valence-corrected chi connectivity index (χ0v) is 35.0. The zero-order chi connectivity index (χ0) is 42.9. The first-order valence-electron chi connectivity index (χ1n) is 21.9. The van der Waals surface area contributed by atoms with Crippen LogP contribution in [0.15, 0.2) is 161 Å². The fourth-order valence-electron chi connectivity index (χ4n) is 10.2. The SMILES string of the molecule is Oc1c(C=NCCN(CCN=Cc2cc3ccc4cccc5ccc(c2O)c3c45)CCN=Cc2cc3ccc4cccc5ccc(c2O)c3c45)cc2ccc3cccc4ccc1c2c34. The lowest BCUT2D eigenvalue weighted by molar-refractivity contribution is 0.298. The summed E-state index contributed by atoms with van der Waals surface area (Å²) in [6.07, 6.45) is 5.34. The predicted octanol–water partition coefficient (Wildman–Crippen LogP) is 12.5. The first kappa shape index (κ1) is 37.9. The van der Waals surface area contributed by atoms with Gasteiger partial charge in [0.2, 0.25) is 0 Å². The van der Waals surface area contributed by atoms with Crippen LogP contribution in [0, 0.1) is 0 Å². The molecule has 12 aromatic rings. The molecule has 0 saturated heterocycles. The third kappa shape index (κ3) is 6.19. The maximum absolute atomic E-state index is 11.5. The van der Waals surface area contributed by atoms with Crippen molar-refractivity contribution in [1.82, 2.24) is 4.90 Å². The van der Waals surface area contributed by atoms with Crippen LogP contribution < -0.4 is 0 Å². The number of nitrogens with zero attached hydrogens (tertiary/aromatic N) is 4. The number of aromatic hydroxyl groups is 3. The van der Waals surface area contributed by atoms with Crippen molar-refractivity contribution in [1.29, 1.82) is 0 Å². The maximum Gasteiger partial charge on any atom is 0.132 e. The summed E-state index contributed by atoms with van der Waals surface area (Å²) in [6.45, 7) is 3.46. The third-order valence-electron chi connectivity index (χ3n) is 13.3. The van der Waals surface area contributed by atoms with E-state index in [9.17, 15) is 15.3 Å². The number of rotatable bonds is 12. The van der Waals surface area contributed by atoms with Crippen molar-refractivity contribution in [2.45, 2.75) is 0 Å². The number of aliphatic imine (C=N–C) groups is 3. The molecule has 0 aliphatic rings. The number of phenols is 3. The Morgan fingerprint density at radius 1 is 0.328 bits per heavy atom. The second kappa shape index (κ2) is 15.2. The number of hydrogen-bond acceptors (Lipinski definition) is 7. The van der Waals surface area contributed by atoms with Gasteiger partial charge in [0.1, 0.15) is 17.2 Å². The van der Waals surface area contributed by atoms with Crippen LogP contribution in [0.25, 0.3) is 97.0 Å². The smallest absolute Gasteiger partial charge is 0.132 e. The molecule has 12 rings (SSSR count). The Kier molecular flexibility index (Phi) is 8.98. The predicted molar refractivity (Wildman–Crippen MR) is 269 cm³/mol. The van der Waals surface area contributed by atoms with Crippen molar-refractivity contribution in [2.24, 2.45) is 15.0 Å². The van der Waals surface area contributed by atoms with E-state index in [0.717, 1.165) is 80.8 Å².